The fourth-order valence-corrected chi connectivity index (χ4v) is 1.15. The smallest absolute Gasteiger partial charge is 0.245 e. The van der Waals surface area contributed by atoms with E-state index in [1.54, 1.807) is 0 Å². The lowest BCUT2D eigenvalue weighted by Gasteiger charge is -2.05. The number of nitrogens with one attached hydrogen (secondary N) is 1. The maximum absolute atomic E-state index is 11.1. The van der Waals surface area contributed by atoms with Crippen molar-refractivity contribution in [1.29, 1.82) is 0 Å². The van der Waals surface area contributed by atoms with Crippen LogP contribution in [0.4, 0.5) is 0 Å². The van der Waals surface area contributed by atoms with E-state index in [2.05, 4.69) is 5.32 Å². The minimum Gasteiger partial charge on any atom is -0.371 e. The van der Waals surface area contributed by atoms with E-state index in [-0.39, 0.29) is 12.5 Å². The predicted molar refractivity (Wildman–Crippen MR) is 54.8 cm³/mol. The summed E-state index contributed by atoms with van der Waals surface area (Å²) in [6.07, 6.45) is 4.43. The van der Waals surface area contributed by atoms with Crippen molar-refractivity contribution >= 4 is 5.91 Å². The number of nitrogens with two attached hydrogens (primary N) is 1. The van der Waals surface area contributed by atoms with Crippen molar-refractivity contribution in [3.8, 4) is 0 Å². The molecule has 1 aliphatic rings. The number of carbonyl (C=O) groups is 1. The van der Waals surface area contributed by atoms with E-state index < -0.39 is 0 Å². The largest absolute Gasteiger partial charge is 0.371 e. The Morgan fingerprint density at radius 3 is 2.86 bits per heavy atom. The second kappa shape index (κ2) is 6.79. The third-order valence-electron chi connectivity index (χ3n) is 2.24. The van der Waals surface area contributed by atoms with Crippen LogP contribution in [0.1, 0.15) is 25.7 Å². The Hall–Kier alpha value is -0.610. The van der Waals surface area contributed by atoms with Gasteiger partial charge in [-0.1, -0.05) is 0 Å². The summed E-state index contributed by atoms with van der Waals surface area (Å²) in [6.45, 7) is 2.35. The first kappa shape index (κ1) is 11.5. The second-order valence-corrected chi connectivity index (χ2v) is 3.80. The average Bonchev–Trinajstić information content (AvgIpc) is 2.96. The Bertz CT molecular complexity index is 170. The van der Waals surface area contributed by atoms with Gasteiger partial charge in [-0.3, -0.25) is 4.79 Å². The summed E-state index contributed by atoms with van der Waals surface area (Å²) in [7, 11) is 0. The highest BCUT2D eigenvalue weighted by Gasteiger charge is 2.21. The van der Waals surface area contributed by atoms with Gasteiger partial charge in [0.15, 0.2) is 0 Å². The molecule has 1 amide bonds. The van der Waals surface area contributed by atoms with Gasteiger partial charge >= 0.3 is 0 Å². The number of rotatable bonds is 8. The van der Waals surface area contributed by atoms with Crippen LogP contribution in [0.5, 0.6) is 0 Å². The molecule has 1 saturated carbocycles. The summed E-state index contributed by atoms with van der Waals surface area (Å²) in [5.74, 6) is 0.711. The van der Waals surface area contributed by atoms with Gasteiger partial charge < -0.3 is 15.8 Å². The van der Waals surface area contributed by atoms with Gasteiger partial charge in [-0.15, -0.1) is 0 Å². The Morgan fingerprint density at radius 1 is 1.43 bits per heavy atom. The molecule has 1 fully saturated rings. The van der Waals surface area contributed by atoms with Gasteiger partial charge in [-0.25, -0.2) is 0 Å². The molecule has 0 heterocycles. The Morgan fingerprint density at radius 2 is 2.21 bits per heavy atom. The monoisotopic (exact) mass is 200 g/mol. The highest BCUT2D eigenvalue weighted by atomic mass is 16.5. The van der Waals surface area contributed by atoms with Gasteiger partial charge in [-0.2, -0.15) is 0 Å². The molecular formula is C10H20N2O2. The molecule has 1 rings (SSSR count). The maximum Gasteiger partial charge on any atom is 0.245 e. The molecule has 0 aromatic carbocycles. The molecule has 4 heteroatoms. The zero-order valence-corrected chi connectivity index (χ0v) is 8.63. The summed E-state index contributed by atoms with van der Waals surface area (Å²) in [4.78, 5) is 11.1. The number of hydrogen-bond acceptors (Lipinski definition) is 3. The van der Waals surface area contributed by atoms with Crippen molar-refractivity contribution in [3.05, 3.63) is 0 Å². The van der Waals surface area contributed by atoms with Gasteiger partial charge in [0.05, 0.1) is 6.61 Å². The Labute approximate surface area is 85.2 Å². The molecule has 0 aliphatic heterocycles. The zero-order valence-electron chi connectivity index (χ0n) is 8.63. The summed E-state index contributed by atoms with van der Waals surface area (Å²) in [6, 6.07) is 0. The molecular weight excluding hydrogens is 180 g/mol. The minimum absolute atomic E-state index is 0.0114. The predicted octanol–water partition coefficient (Wildman–Crippen LogP) is 0.268. The fraction of sp³-hybridized carbons (Fsp3) is 0.900. The molecule has 14 heavy (non-hydrogen) atoms. The van der Waals surface area contributed by atoms with E-state index in [1.165, 1.54) is 12.8 Å². The first-order chi connectivity index (χ1) is 6.83. The lowest BCUT2D eigenvalue weighted by Crippen LogP contribution is -2.29. The van der Waals surface area contributed by atoms with Crippen molar-refractivity contribution < 1.29 is 9.53 Å². The van der Waals surface area contributed by atoms with Gasteiger partial charge in [0.1, 0.15) is 6.61 Å². The van der Waals surface area contributed by atoms with E-state index in [1.807, 2.05) is 0 Å². The molecule has 0 saturated heterocycles. The normalized spacial score (nSPS) is 15.5. The highest BCUT2D eigenvalue weighted by Crippen LogP contribution is 2.28. The quantitative estimate of drug-likeness (QED) is 0.553. The van der Waals surface area contributed by atoms with Crippen LogP contribution in [-0.4, -0.2) is 32.2 Å². The maximum atomic E-state index is 11.1. The summed E-state index contributed by atoms with van der Waals surface area (Å²) < 4.78 is 5.24. The summed E-state index contributed by atoms with van der Waals surface area (Å²) >= 11 is 0. The van der Waals surface area contributed by atoms with Crippen LogP contribution in [0.15, 0.2) is 0 Å². The van der Waals surface area contributed by atoms with Crippen molar-refractivity contribution in [2.45, 2.75) is 25.7 Å². The average molecular weight is 200 g/mol. The molecule has 0 atom stereocenters. The molecule has 1 aliphatic carbocycles. The van der Waals surface area contributed by atoms with Crippen LogP contribution in [0.3, 0.4) is 0 Å². The first-order valence-corrected chi connectivity index (χ1v) is 5.37. The van der Waals surface area contributed by atoms with E-state index in [4.69, 9.17) is 10.5 Å². The van der Waals surface area contributed by atoms with Gasteiger partial charge in [-0.05, 0) is 38.1 Å². The van der Waals surface area contributed by atoms with Crippen molar-refractivity contribution in [3.63, 3.8) is 0 Å². The van der Waals surface area contributed by atoms with Crippen LogP contribution in [-0.2, 0) is 9.53 Å². The molecule has 0 radical (unpaired) electrons. The number of carbonyl (C=O) groups excluding carboxylic acids is 1. The van der Waals surface area contributed by atoms with Crippen LogP contribution in [0.2, 0.25) is 0 Å². The molecule has 4 nitrogen and oxygen atoms in total. The van der Waals surface area contributed by atoms with Crippen LogP contribution >= 0.6 is 0 Å². The van der Waals surface area contributed by atoms with E-state index in [0.29, 0.717) is 13.1 Å². The van der Waals surface area contributed by atoms with Crippen molar-refractivity contribution in [2.24, 2.45) is 11.7 Å². The lowest BCUT2D eigenvalue weighted by molar-refractivity contribution is -0.125. The van der Waals surface area contributed by atoms with E-state index in [9.17, 15) is 4.79 Å². The molecule has 82 valence electrons. The minimum atomic E-state index is -0.0114. The highest BCUT2D eigenvalue weighted by molar-refractivity contribution is 5.77. The number of ether oxygens (including phenoxy) is 1. The first-order valence-electron chi connectivity index (χ1n) is 5.37. The van der Waals surface area contributed by atoms with Crippen LogP contribution in [0, 0.1) is 5.92 Å². The summed E-state index contributed by atoms with van der Waals surface area (Å²) in [5, 5.41) is 2.79. The van der Waals surface area contributed by atoms with E-state index >= 15 is 0 Å². The molecule has 0 spiro atoms. The molecule has 0 aromatic heterocycles. The molecule has 0 bridgehead atoms. The third-order valence-corrected chi connectivity index (χ3v) is 2.24. The zero-order chi connectivity index (χ0) is 10.2. The Balaban J connectivity index is 1.82. The topological polar surface area (TPSA) is 64.3 Å². The van der Waals surface area contributed by atoms with Gasteiger partial charge in [0, 0.05) is 6.54 Å². The van der Waals surface area contributed by atoms with Crippen molar-refractivity contribution in [2.75, 3.05) is 26.3 Å². The molecule has 3 N–H and O–H groups in total. The molecule has 0 aromatic rings. The van der Waals surface area contributed by atoms with Crippen molar-refractivity contribution in [1.82, 2.24) is 5.32 Å². The van der Waals surface area contributed by atoms with Crippen LogP contribution in [0.25, 0.3) is 0 Å². The fourth-order valence-electron chi connectivity index (χ4n) is 1.15. The standard InChI is InChI=1S/C10H20N2O2/c11-5-1-2-6-12-10(13)8-14-7-9-3-4-9/h9H,1-8,11H2,(H,12,13). The third kappa shape index (κ3) is 5.94. The number of unbranched alkanes of at least 4 members (excludes halogenated alkanes) is 1. The number of amides is 1. The Kier molecular flexibility index (Phi) is 5.56. The summed E-state index contributed by atoms with van der Waals surface area (Å²) in [5.41, 5.74) is 5.33. The van der Waals surface area contributed by atoms with E-state index in [0.717, 1.165) is 25.4 Å². The second-order valence-electron chi connectivity index (χ2n) is 3.80. The molecule has 0 unspecified atom stereocenters. The van der Waals surface area contributed by atoms with Crippen LogP contribution < -0.4 is 11.1 Å². The number of hydrogen-bond donors (Lipinski definition) is 2. The lowest BCUT2D eigenvalue weighted by atomic mass is 10.3. The SMILES string of the molecule is NCCCCNC(=O)COCC1CC1. The van der Waals surface area contributed by atoms with Gasteiger partial charge in [0.25, 0.3) is 0 Å². The van der Waals surface area contributed by atoms with Gasteiger partial charge in [0.2, 0.25) is 5.91 Å².